The Hall–Kier alpha value is -4.49. The molecule has 1 aromatic carbocycles. The molecule has 0 spiro atoms. The van der Waals surface area contributed by atoms with Crippen molar-refractivity contribution in [3.05, 3.63) is 29.8 Å². The fraction of sp³-hybridized carbons (Fsp3) is 0.594. The smallest absolute Gasteiger partial charge is 0.408 e. The summed E-state index contributed by atoms with van der Waals surface area (Å²) in [5.41, 5.74) is 0.559. The standard InChI is InChI=1S/C32H50N6O8/c1-17(2)24(36-29(43)25(18(3)4)37-31(45)46-32(7,8)9)28(42)35-22(16-23(39)38(10)11)27(41)33-20(6)26(40)30(44)34-21-14-12-19(5)13-15-21/h12-15,17-18,20,22,24-25H,16H2,1-11H3,(H,33,41)(H,34,44)(H,35,42)(H,36,43)(H,37,45)/t20?,22-,24-,25-/m0/s1. The maximum atomic E-state index is 13.5. The zero-order chi connectivity index (χ0) is 35.5. The maximum Gasteiger partial charge on any atom is 0.408 e. The SMILES string of the molecule is Cc1ccc(NC(=O)C(=O)C(C)NC(=O)[C@H](CC(=O)N(C)C)NC(=O)[C@@H](NC(=O)[C@@H](NC(=O)OC(C)(C)C)C(C)C)C(C)C)cc1. The summed E-state index contributed by atoms with van der Waals surface area (Å²) in [6, 6.07) is 1.82. The van der Waals surface area contributed by atoms with Crippen molar-refractivity contribution in [1.82, 2.24) is 26.2 Å². The summed E-state index contributed by atoms with van der Waals surface area (Å²) in [5, 5.41) is 12.5. The van der Waals surface area contributed by atoms with E-state index in [-0.39, 0.29) is 5.92 Å². The van der Waals surface area contributed by atoms with Crippen molar-refractivity contribution < 1.29 is 38.3 Å². The molecule has 1 aromatic rings. The van der Waals surface area contributed by atoms with E-state index in [1.54, 1.807) is 72.7 Å². The zero-order valence-electron chi connectivity index (χ0n) is 28.7. The van der Waals surface area contributed by atoms with Crippen LogP contribution in [0, 0.1) is 18.8 Å². The lowest BCUT2D eigenvalue weighted by Gasteiger charge is -2.29. The van der Waals surface area contributed by atoms with Gasteiger partial charge in [-0.2, -0.15) is 0 Å². The van der Waals surface area contributed by atoms with Crippen LogP contribution < -0.4 is 26.6 Å². The monoisotopic (exact) mass is 646 g/mol. The van der Waals surface area contributed by atoms with E-state index < -0.39 is 83.5 Å². The number of hydrogen-bond acceptors (Lipinski definition) is 8. The number of alkyl carbamates (subject to hydrolysis) is 1. The summed E-state index contributed by atoms with van der Waals surface area (Å²) in [6.07, 6.45) is -1.27. The molecular formula is C32H50N6O8. The van der Waals surface area contributed by atoms with E-state index >= 15 is 0 Å². The molecule has 0 aliphatic heterocycles. The second kappa shape index (κ2) is 17.3. The molecule has 0 radical (unpaired) electrons. The molecule has 1 unspecified atom stereocenters. The van der Waals surface area contributed by atoms with E-state index in [4.69, 9.17) is 4.74 Å². The first-order valence-corrected chi connectivity index (χ1v) is 15.2. The first-order chi connectivity index (χ1) is 21.1. The minimum Gasteiger partial charge on any atom is -0.444 e. The molecule has 14 heteroatoms. The third-order valence-electron chi connectivity index (χ3n) is 6.66. The number of rotatable bonds is 14. The van der Waals surface area contributed by atoms with Gasteiger partial charge in [0.05, 0.1) is 12.5 Å². The van der Waals surface area contributed by atoms with Crippen molar-refractivity contribution in [2.45, 2.75) is 98.5 Å². The van der Waals surface area contributed by atoms with Gasteiger partial charge in [0.1, 0.15) is 23.7 Å². The van der Waals surface area contributed by atoms with E-state index in [1.807, 2.05) is 6.92 Å². The molecule has 0 aromatic heterocycles. The van der Waals surface area contributed by atoms with Gasteiger partial charge in [-0.25, -0.2) is 4.79 Å². The molecule has 0 heterocycles. The third-order valence-corrected chi connectivity index (χ3v) is 6.66. The summed E-state index contributed by atoms with van der Waals surface area (Å²) in [6.45, 7) is 15.0. The Labute approximate surface area is 271 Å². The van der Waals surface area contributed by atoms with Crippen LogP contribution in [0.4, 0.5) is 10.5 Å². The molecule has 1 rings (SSSR count). The van der Waals surface area contributed by atoms with E-state index in [2.05, 4.69) is 26.6 Å². The fourth-order valence-corrected chi connectivity index (χ4v) is 3.98. The molecule has 5 N–H and O–H groups in total. The van der Waals surface area contributed by atoms with Gasteiger partial charge < -0.3 is 36.2 Å². The maximum absolute atomic E-state index is 13.5. The summed E-state index contributed by atoms with van der Waals surface area (Å²) >= 11 is 0. The minimum absolute atomic E-state index is 0.373. The molecule has 0 aliphatic rings. The number of amides is 6. The molecule has 4 atom stereocenters. The number of hydrogen-bond donors (Lipinski definition) is 5. The van der Waals surface area contributed by atoms with Crippen LogP contribution in [0.1, 0.15) is 67.4 Å². The highest BCUT2D eigenvalue weighted by molar-refractivity contribution is 6.42. The van der Waals surface area contributed by atoms with E-state index in [1.165, 1.54) is 25.9 Å². The van der Waals surface area contributed by atoms with Gasteiger partial charge in [-0.3, -0.25) is 28.8 Å². The van der Waals surface area contributed by atoms with Crippen molar-refractivity contribution in [3.63, 3.8) is 0 Å². The van der Waals surface area contributed by atoms with Crippen molar-refractivity contribution in [3.8, 4) is 0 Å². The Kier molecular flexibility index (Phi) is 14.8. The van der Waals surface area contributed by atoms with Gasteiger partial charge >= 0.3 is 6.09 Å². The molecule has 0 fully saturated rings. The van der Waals surface area contributed by atoms with Crippen molar-refractivity contribution in [1.29, 1.82) is 0 Å². The van der Waals surface area contributed by atoms with Gasteiger partial charge in [-0.1, -0.05) is 45.4 Å². The van der Waals surface area contributed by atoms with E-state index in [9.17, 15) is 33.6 Å². The van der Waals surface area contributed by atoms with Gasteiger partial charge in [-0.15, -0.1) is 0 Å². The molecule has 256 valence electrons. The molecule has 0 saturated carbocycles. The third kappa shape index (κ3) is 13.2. The highest BCUT2D eigenvalue weighted by Crippen LogP contribution is 2.12. The Bertz CT molecular complexity index is 1270. The number of nitrogens with one attached hydrogen (secondary N) is 5. The van der Waals surface area contributed by atoms with Gasteiger partial charge in [0, 0.05) is 19.8 Å². The number of benzene rings is 1. The Morgan fingerprint density at radius 2 is 1.24 bits per heavy atom. The number of ketones is 1. The van der Waals surface area contributed by atoms with Crippen molar-refractivity contribution >= 4 is 47.1 Å². The molecule has 46 heavy (non-hydrogen) atoms. The largest absolute Gasteiger partial charge is 0.444 e. The lowest BCUT2D eigenvalue weighted by molar-refractivity contribution is -0.139. The first kappa shape index (κ1) is 39.5. The Balaban J connectivity index is 3.09. The highest BCUT2D eigenvalue weighted by Gasteiger charge is 2.35. The van der Waals surface area contributed by atoms with Crippen LogP contribution in [-0.4, -0.2) is 90.2 Å². The fourth-order valence-electron chi connectivity index (χ4n) is 3.98. The average molecular weight is 647 g/mol. The number of aryl methyl sites for hydroxylation is 1. The molecule has 0 bridgehead atoms. The Morgan fingerprint density at radius 3 is 1.72 bits per heavy atom. The van der Waals surface area contributed by atoms with Crippen LogP contribution in [0.25, 0.3) is 0 Å². The van der Waals surface area contributed by atoms with Crippen LogP contribution in [0.2, 0.25) is 0 Å². The number of ether oxygens (including phenoxy) is 1. The highest BCUT2D eigenvalue weighted by atomic mass is 16.6. The van der Waals surface area contributed by atoms with Gasteiger partial charge in [0.15, 0.2) is 0 Å². The summed E-state index contributed by atoms with van der Waals surface area (Å²) < 4.78 is 5.26. The topological polar surface area (TPSA) is 192 Å². The molecular weight excluding hydrogens is 596 g/mol. The summed E-state index contributed by atoms with van der Waals surface area (Å²) in [5.74, 6) is -5.55. The number of carbonyl (C=O) groups is 7. The van der Waals surface area contributed by atoms with Gasteiger partial charge in [0.25, 0.3) is 5.91 Å². The quantitative estimate of drug-likeness (QED) is 0.188. The lowest BCUT2D eigenvalue weighted by Crippen LogP contribution is -2.60. The predicted molar refractivity (Wildman–Crippen MR) is 172 cm³/mol. The van der Waals surface area contributed by atoms with Crippen LogP contribution in [0.15, 0.2) is 24.3 Å². The predicted octanol–water partition coefficient (Wildman–Crippen LogP) is 1.66. The van der Waals surface area contributed by atoms with Crippen molar-refractivity contribution in [2.75, 3.05) is 19.4 Å². The first-order valence-electron chi connectivity index (χ1n) is 15.2. The molecule has 0 saturated heterocycles. The van der Waals surface area contributed by atoms with Crippen LogP contribution in [0.3, 0.4) is 0 Å². The van der Waals surface area contributed by atoms with E-state index in [0.29, 0.717) is 5.69 Å². The van der Waals surface area contributed by atoms with Gasteiger partial charge in [-0.05, 0) is 58.6 Å². The van der Waals surface area contributed by atoms with Crippen LogP contribution in [0.5, 0.6) is 0 Å². The summed E-state index contributed by atoms with van der Waals surface area (Å²) in [4.78, 5) is 91.5. The average Bonchev–Trinajstić information content (AvgIpc) is 2.93. The number of anilines is 1. The minimum atomic E-state index is -1.45. The second-order valence-electron chi connectivity index (χ2n) is 13.1. The molecule has 14 nitrogen and oxygen atoms in total. The summed E-state index contributed by atoms with van der Waals surface area (Å²) in [7, 11) is 2.95. The van der Waals surface area contributed by atoms with E-state index in [0.717, 1.165) is 5.56 Å². The second-order valence-corrected chi connectivity index (χ2v) is 13.1. The number of carbonyl (C=O) groups excluding carboxylic acids is 7. The Morgan fingerprint density at radius 1 is 0.739 bits per heavy atom. The van der Waals surface area contributed by atoms with Crippen molar-refractivity contribution in [2.24, 2.45) is 11.8 Å². The molecule has 6 amide bonds. The number of nitrogens with zero attached hydrogens (tertiary/aromatic N) is 1. The zero-order valence-corrected chi connectivity index (χ0v) is 28.7. The van der Waals surface area contributed by atoms with Crippen LogP contribution >= 0.6 is 0 Å². The molecule has 0 aliphatic carbocycles. The van der Waals surface area contributed by atoms with Crippen LogP contribution in [-0.2, 0) is 33.5 Å². The van der Waals surface area contributed by atoms with Gasteiger partial charge in [0.2, 0.25) is 29.4 Å². The lowest BCUT2D eigenvalue weighted by atomic mass is 9.99. The number of Topliss-reactive ketones (excluding diaryl/α,β-unsaturated/α-hetero) is 1. The normalized spacial score (nSPS) is 13.8.